The third-order valence-corrected chi connectivity index (χ3v) is 7.42. The normalized spacial score (nSPS) is 18.9. The first-order chi connectivity index (χ1) is 15.3. The smallest absolute Gasteiger partial charge is 0.0702 e. The van der Waals surface area contributed by atoms with E-state index in [1.165, 1.54) is 113 Å². The van der Waals surface area contributed by atoms with Gasteiger partial charge in [0.2, 0.25) is 0 Å². The van der Waals surface area contributed by atoms with Gasteiger partial charge in [0.15, 0.2) is 0 Å². The first-order valence-electron chi connectivity index (χ1n) is 13.3. The Morgan fingerprint density at radius 3 is 1.94 bits per heavy atom. The van der Waals surface area contributed by atoms with Crippen LogP contribution in [-0.2, 0) is 12.8 Å². The molecule has 0 amide bonds. The van der Waals surface area contributed by atoms with Gasteiger partial charge in [-0.1, -0.05) is 115 Å². The van der Waals surface area contributed by atoms with Crippen LogP contribution in [0.3, 0.4) is 0 Å². The van der Waals surface area contributed by atoms with E-state index in [0.29, 0.717) is 0 Å². The van der Waals surface area contributed by atoms with Crippen LogP contribution in [-0.4, -0.2) is 4.98 Å². The molecule has 1 aliphatic carbocycles. The summed E-state index contributed by atoms with van der Waals surface area (Å²) in [4.78, 5) is 4.77. The van der Waals surface area contributed by atoms with Crippen molar-refractivity contribution in [3.05, 3.63) is 53.7 Å². The second-order valence-corrected chi connectivity index (χ2v) is 9.98. The number of pyridine rings is 1. The Morgan fingerprint density at radius 2 is 1.29 bits per heavy atom. The van der Waals surface area contributed by atoms with E-state index >= 15 is 0 Å². The van der Waals surface area contributed by atoms with E-state index in [1.807, 2.05) is 0 Å². The van der Waals surface area contributed by atoms with Crippen molar-refractivity contribution >= 4 is 0 Å². The minimum atomic E-state index is 0.937. The van der Waals surface area contributed by atoms with Crippen LogP contribution >= 0.6 is 0 Å². The monoisotopic (exact) mass is 419 g/mol. The molecule has 1 fully saturated rings. The fraction of sp³-hybridized carbons (Fsp3) is 0.633. The second-order valence-electron chi connectivity index (χ2n) is 9.98. The summed E-state index contributed by atoms with van der Waals surface area (Å²) in [6.45, 7) is 4.56. The van der Waals surface area contributed by atoms with E-state index < -0.39 is 0 Å². The van der Waals surface area contributed by atoms with Crippen LogP contribution in [0.25, 0.3) is 11.3 Å². The molecule has 3 rings (SSSR count). The average Bonchev–Trinajstić information content (AvgIpc) is 2.83. The van der Waals surface area contributed by atoms with Gasteiger partial charge in [-0.15, -0.1) is 0 Å². The number of unbranched alkanes of at least 4 members (excludes halogenated alkanes) is 5. The van der Waals surface area contributed by atoms with Crippen molar-refractivity contribution in [2.75, 3.05) is 0 Å². The van der Waals surface area contributed by atoms with Crippen molar-refractivity contribution in [3.8, 4) is 11.3 Å². The van der Waals surface area contributed by atoms with Gasteiger partial charge in [0.1, 0.15) is 0 Å². The predicted octanol–water partition coefficient (Wildman–Crippen LogP) is 9.19. The Kier molecular flexibility index (Phi) is 10.6. The van der Waals surface area contributed by atoms with E-state index in [-0.39, 0.29) is 0 Å². The van der Waals surface area contributed by atoms with Gasteiger partial charge in [-0.2, -0.15) is 0 Å². The number of aromatic nitrogens is 1. The largest absolute Gasteiger partial charge is 0.256 e. The Balaban J connectivity index is 1.36. The van der Waals surface area contributed by atoms with E-state index in [1.54, 1.807) is 0 Å². The highest BCUT2D eigenvalue weighted by atomic mass is 14.7. The fourth-order valence-electron chi connectivity index (χ4n) is 5.18. The molecule has 1 saturated carbocycles. The Hall–Kier alpha value is -1.63. The zero-order valence-electron chi connectivity index (χ0n) is 20.2. The topological polar surface area (TPSA) is 12.9 Å². The summed E-state index contributed by atoms with van der Waals surface area (Å²) in [5.41, 5.74) is 5.18. The molecule has 0 atom stereocenters. The lowest BCUT2D eigenvalue weighted by atomic mass is 9.78. The Morgan fingerprint density at radius 1 is 0.645 bits per heavy atom. The molecule has 0 spiro atoms. The summed E-state index contributed by atoms with van der Waals surface area (Å²) in [5, 5.41) is 0. The molecule has 2 aromatic rings. The van der Waals surface area contributed by atoms with Gasteiger partial charge in [-0.25, -0.2) is 0 Å². The third kappa shape index (κ3) is 8.43. The summed E-state index contributed by atoms with van der Waals surface area (Å²) in [7, 11) is 0. The quantitative estimate of drug-likeness (QED) is 0.295. The van der Waals surface area contributed by atoms with E-state index in [4.69, 9.17) is 4.98 Å². The fourth-order valence-corrected chi connectivity index (χ4v) is 5.18. The molecule has 1 aromatic carbocycles. The molecule has 1 aromatic heterocycles. The molecule has 170 valence electrons. The van der Waals surface area contributed by atoms with Crippen molar-refractivity contribution in [2.45, 2.75) is 110 Å². The third-order valence-electron chi connectivity index (χ3n) is 7.42. The molecule has 0 saturated heterocycles. The Labute approximate surface area is 192 Å². The maximum atomic E-state index is 4.77. The lowest BCUT2D eigenvalue weighted by Crippen LogP contribution is -2.15. The molecule has 0 unspecified atom stereocenters. The van der Waals surface area contributed by atoms with Crippen LogP contribution in [0.2, 0.25) is 0 Å². The van der Waals surface area contributed by atoms with Crippen LogP contribution in [0.1, 0.15) is 108 Å². The first-order valence-corrected chi connectivity index (χ1v) is 13.3. The zero-order chi connectivity index (χ0) is 21.7. The molecule has 1 heteroatoms. The molecule has 1 nitrogen and oxygen atoms in total. The van der Waals surface area contributed by atoms with Crippen LogP contribution < -0.4 is 0 Å². The summed E-state index contributed by atoms with van der Waals surface area (Å²) in [5.74, 6) is 1.96. The number of hydrogen-bond acceptors (Lipinski definition) is 1. The molecule has 0 radical (unpaired) electrons. The molecule has 0 N–H and O–H groups in total. The van der Waals surface area contributed by atoms with Crippen molar-refractivity contribution in [1.82, 2.24) is 4.98 Å². The Bertz CT molecular complexity index is 707. The van der Waals surface area contributed by atoms with Gasteiger partial charge in [0.05, 0.1) is 5.69 Å². The average molecular weight is 420 g/mol. The number of aryl methyl sites for hydroxylation is 2. The molecular weight excluding hydrogens is 374 g/mol. The summed E-state index contributed by atoms with van der Waals surface area (Å²) >= 11 is 0. The molecule has 1 aliphatic rings. The van der Waals surface area contributed by atoms with Crippen LogP contribution in [0.5, 0.6) is 0 Å². The minimum Gasteiger partial charge on any atom is -0.256 e. The van der Waals surface area contributed by atoms with Gasteiger partial charge >= 0.3 is 0 Å². The highest BCUT2D eigenvalue weighted by molar-refractivity contribution is 5.59. The molecule has 0 bridgehead atoms. The number of rotatable bonds is 13. The van der Waals surface area contributed by atoms with Gasteiger partial charge < -0.3 is 0 Å². The molecule has 1 heterocycles. The van der Waals surface area contributed by atoms with Crippen LogP contribution in [0.4, 0.5) is 0 Å². The van der Waals surface area contributed by atoms with E-state index in [9.17, 15) is 0 Å². The van der Waals surface area contributed by atoms with Gasteiger partial charge in [0, 0.05) is 11.8 Å². The van der Waals surface area contributed by atoms with E-state index in [2.05, 4.69) is 56.4 Å². The lowest BCUT2D eigenvalue weighted by molar-refractivity contribution is 0.248. The highest BCUT2D eigenvalue weighted by Gasteiger charge is 2.20. The van der Waals surface area contributed by atoms with Crippen LogP contribution in [0.15, 0.2) is 42.6 Å². The molecular formula is C30H45N. The minimum absolute atomic E-state index is 0.937. The number of nitrogens with zero attached hydrogens (tertiary/aromatic N) is 1. The summed E-state index contributed by atoms with van der Waals surface area (Å²) < 4.78 is 0. The highest BCUT2D eigenvalue weighted by Crippen LogP contribution is 2.34. The lowest BCUT2D eigenvalue weighted by Gasteiger charge is -2.28. The van der Waals surface area contributed by atoms with E-state index in [0.717, 1.165) is 17.5 Å². The SMILES string of the molecule is CCCCCCCC1CCC(CCc2ccc(-c3ccc(CCCC)cc3)nc2)CC1. The molecule has 31 heavy (non-hydrogen) atoms. The summed E-state index contributed by atoms with van der Waals surface area (Å²) in [6, 6.07) is 13.5. The predicted molar refractivity (Wildman–Crippen MR) is 135 cm³/mol. The maximum Gasteiger partial charge on any atom is 0.0702 e. The summed E-state index contributed by atoms with van der Waals surface area (Å²) in [6.07, 6.45) is 22.9. The van der Waals surface area contributed by atoms with Crippen molar-refractivity contribution in [2.24, 2.45) is 11.8 Å². The molecule has 0 aliphatic heterocycles. The number of benzene rings is 1. The van der Waals surface area contributed by atoms with Gasteiger partial charge in [-0.3, -0.25) is 4.98 Å². The number of hydrogen-bond donors (Lipinski definition) is 0. The van der Waals surface area contributed by atoms with Crippen molar-refractivity contribution in [3.63, 3.8) is 0 Å². The van der Waals surface area contributed by atoms with Crippen molar-refractivity contribution < 1.29 is 0 Å². The zero-order valence-corrected chi connectivity index (χ0v) is 20.2. The van der Waals surface area contributed by atoms with Crippen molar-refractivity contribution in [1.29, 1.82) is 0 Å². The van der Waals surface area contributed by atoms with Gasteiger partial charge in [-0.05, 0) is 54.7 Å². The van der Waals surface area contributed by atoms with Gasteiger partial charge in [0.25, 0.3) is 0 Å². The maximum absolute atomic E-state index is 4.77. The second kappa shape index (κ2) is 13.7. The first kappa shape index (κ1) is 24.0. The van der Waals surface area contributed by atoms with Crippen LogP contribution in [0, 0.1) is 11.8 Å². The standard InChI is InChI=1S/C30H45N/c1-3-5-7-8-9-11-26-12-14-27(15-13-26)16-17-28-20-23-30(31-24-28)29-21-18-25(19-22-29)10-6-4-2/h18-24,26-27H,3-17H2,1-2H3.